The van der Waals surface area contributed by atoms with Crippen molar-refractivity contribution in [2.75, 3.05) is 39.9 Å². The van der Waals surface area contributed by atoms with Crippen LogP contribution < -0.4 is 4.74 Å². The van der Waals surface area contributed by atoms with Gasteiger partial charge in [-0.1, -0.05) is 24.3 Å². The Balaban J connectivity index is 1.22. The summed E-state index contributed by atoms with van der Waals surface area (Å²) in [7, 11) is 1.57. The van der Waals surface area contributed by atoms with Gasteiger partial charge in [-0.15, -0.1) is 0 Å². The van der Waals surface area contributed by atoms with Gasteiger partial charge in [0.15, 0.2) is 0 Å². The molecule has 0 N–H and O–H groups in total. The Kier molecular flexibility index (Phi) is 6.93. The van der Waals surface area contributed by atoms with Gasteiger partial charge in [0.1, 0.15) is 5.56 Å². The fraction of sp³-hybridized carbons (Fsp3) is 0.556. The minimum Gasteiger partial charge on any atom is -0.480 e. The highest BCUT2D eigenvalue weighted by Gasteiger charge is 2.32. The van der Waals surface area contributed by atoms with E-state index in [1.807, 2.05) is 11.0 Å². The number of ether oxygens (including phenoxy) is 2. The van der Waals surface area contributed by atoms with Crippen molar-refractivity contribution in [1.29, 1.82) is 0 Å². The van der Waals surface area contributed by atoms with E-state index in [9.17, 15) is 4.79 Å². The van der Waals surface area contributed by atoms with E-state index in [4.69, 9.17) is 9.47 Å². The van der Waals surface area contributed by atoms with E-state index in [1.165, 1.54) is 24.0 Å². The van der Waals surface area contributed by atoms with E-state index in [0.29, 0.717) is 29.9 Å². The number of rotatable bonds is 7. The maximum absolute atomic E-state index is 13.5. The second kappa shape index (κ2) is 10.2. The van der Waals surface area contributed by atoms with Crippen LogP contribution in [0, 0.1) is 5.92 Å². The summed E-state index contributed by atoms with van der Waals surface area (Å²) in [5.41, 5.74) is 3.57. The third kappa shape index (κ3) is 5.07. The average Bonchev–Trinajstić information content (AvgIpc) is 3.53. The summed E-state index contributed by atoms with van der Waals surface area (Å²) >= 11 is 0. The third-order valence-corrected chi connectivity index (χ3v) is 7.60. The zero-order valence-electron chi connectivity index (χ0n) is 19.6. The Hall–Kier alpha value is -2.44. The zero-order chi connectivity index (χ0) is 22.6. The lowest BCUT2D eigenvalue weighted by Crippen LogP contribution is -2.46. The highest BCUT2D eigenvalue weighted by Crippen LogP contribution is 2.29. The van der Waals surface area contributed by atoms with Gasteiger partial charge in [-0.05, 0) is 80.8 Å². The number of hydrogen-bond acceptors (Lipinski definition) is 5. The Morgan fingerprint density at radius 2 is 1.85 bits per heavy atom. The molecule has 1 aromatic heterocycles. The Bertz CT molecular complexity index is 926. The first kappa shape index (κ1) is 22.4. The molecule has 0 radical (unpaired) electrons. The minimum absolute atomic E-state index is 0.00382. The average molecular weight is 450 g/mol. The quantitative estimate of drug-likeness (QED) is 0.647. The monoisotopic (exact) mass is 449 g/mol. The van der Waals surface area contributed by atoms with Gasteiger partial charge in [-0.25, -0.2) is 4.98 Å². The first-order valence-corrected chi connectivity index (χ1v) is 12.4. The van der Waals surface area contributed by atoms with E-state index < -0.39 is 0 Å². The standard InChI is InChI=1S/C27H35N3O3/c1-32-26-25(9-4-12-28-26)27(31)30(19-24-8-5-15-33-24)18-20-10-13-29(14-11-20)23-16-21-6-2-3-7-22(21)17-23/h2-4,6-7,9,12,20,23-24H,5,8,10-11,13-19H2,1H3/t24-/m1/s1. The molecule has 6 heteroatoms. The Morgan fingerprint density at radius 3 is 2.52 bits per heavy atom. The fourth-order valence-corrected chi connectivity index (χ4v) is 5.77. The van der Waals surface area contributed by atoms with Crippen molar-refractivity contribution in [3.05, 3.63) is 59.3 Å². The van der Waals surface area contributed by atoms with E-state index in [2.05, 4.69) is 34.1 Å². The molecule has 1 atom stereocenters. The lowest BCUT2D eigenvalue weighted by Gasteiger charge is -2.38. The van der Waals surface area contributed by atoms with Crippen molar-refractivity contribution in [3.63, 3.8) is 0 Å². The number of likely N-dealkylation sites (tertiary alicyclic amines) is 1. The van der Waals surface area contributed by atoms with Gasteiger partial charge in [0, 0.05) is 31.9 Å². The molecular weight excluding hydrogens is 414 g/mol. The van der Waals surface area contributed by atoms with Crippen LogP contribution in [0.4, 0.5) is 0 Å². The zero-order valence-corrected chi connectivity index (χ0v) is 19.6. The lowest BCUT2D eigenvalue weighted by molar-refractivity contribution is 0.0427. The molecule has 0 unspecified atom stereocenters. The molecule has 5 rings (SSSR count). The molecule has 2 fully saturated rings. The van der Waals surface area contributed by atoms with E-state index in [-0.39, 0.29) is 12.0 Å². The molecule has 2 aliphatic heterocycles. The van der Waals surface area contributed by atoms with Crippen molar-refractivity contribution in [2.45, 2.75) is 50.7 Å². The Morgan fingerprint density at radius 1 is 1.09 bits per heavy atom. The summed E-state index contributed by atoms with van der Waals surface area (Å²) in [5.74, 6) is 0.914. The van der Waals surface area contributed by atoms with Crippen LogP contribution >= 0.6 is 0 Å². The predicted molar refractivity (Wildman–Crippen MR) is 128 cm³/mol. The number of aromatic nitrogens is 1. The molecule has 3 heterocycles. The number of benzene rings is 1. The molecule has 2 saturated heterocycles. The summed E-state index contributed by atoms with van der Waals surface area (Å²) in [6, 6.07) is 13.1. The van der Waals surface area contributed by atoms with Crippen LogP contribution in [0.5, 0.6) is 5.88 Å². The minimum atomic E-state index is 0.00382. The molecule has 1 aliphatic carbocycles. The molecule has 1 amide bonds. The van der Waals surface area contributed by atoms with Crippen LogP contribution in [0.15, 0.2) is 42.6 Å². The van der Waals surface area contributed by atoms with Crippen molar-refractivity contribution in [1.82, 2.24) is 14.8 Å². The van der Waals surface area contributed by atoms with Crippen LogP contribution in [0.3, 0.4) is 0 Å². The largest absolute Gasteiger partial charge is 0.480 e. The lowest BCUT2D eigenvalue weighted by atomic mass is 9.94. The first-order chi connectivity index (χ1) is 16.2. The molecule has 1 aromatic carbocycles. The molecule has 0 spiro atoms. The highest BCUT2D eigenvalue weighted by molar-refractivity contribution is 5.96. The van der Waals surface area contributed by atoms with Gasteiger partial charge >= 0.3 is 0 Å². The maximum atomic E-state index is 13.5. The second-order valence-electron chi connectivity index (χ2n) is 9.72. The number of nitrogens with zero attached hydrogens (tertiary/aromatic N) is 3. The van der Waals surface area contributed by atoms with E-state index in [0.717, 1.165) is 51.9 Å². The summed E-state index contributed by atoms with van der Waals surface area (Å²) in [6.45, 7) is 4.44. The molecule has 6 nitrogen and oxygen atoms in total. The molecule has 0 saturated carbocycles. The molecule has 176 valence electrons. The topological polar surface area (TPSA) is 54.9 Å². The van der Waals surface area contributed by atoms with Gasteiger partial charge in [0.25, 0.3) is 5.91 Å². The number of carbonyl (C=O) groups excluding carboxylic acids is 1. The van der Waals surface area contributed by atoms with Gasteiger partial charge in [0.05, 0.1) is 13.2 Å². The van der Waals surface area contributed by atoms with Gasteiger partial charge < -0.3 is 14.4 Å². The number of amides is 1. The second-order valence-corrected chi connectivity index (χ2v) is 9.72. The number of pyridine rings is 1. The van der Waals surface area contributed by atoms with Gasteiger partial charge in [-0.2, -0.15) is 0 Å². The normalized spacial score (nSPS) is 21.8. The summed E-state index contributed by atoms with van der Waals surface area (Å²) in [6.07, 6.45) is 8.50. The third-order valence-electron chi connectivity index (χ3n) is 7.60. The summed E-state index contributed by atoms with van der Waals surface area (Å²) < 4.78 is 11.3. The first-order valence-electron chi connectivity index (χ1n) is 12.4. The number of carbonyl (C=O) groups is 1. The predicted octanol–water partition coefficient (Wildman–Crippen LogP) is 3.59. The van der Waals surface area contributed by atoms with Gasteiger partial charge in [0.2, 0.25) is 5.88 Å². The van der Waals surface area contributed by atoms with Crippen molar-refractivity contribution < 1.29 is 14.3 Å². The molecule has 33 heavy (non-hydrogen) atoms. The van der Waals surface area contributed by atoms with Crippen LogP contribution in [0.25, 0.3) is 0 Å². The van der Waals surface area contributed by atoms with E-state index >= 15 is 0 Å². The van der Waals surface area contributed by atoms with Crippen LogP contribution in [-0.4, -0.2) is 72.7 Å². The van der Waals surface area contributed by atoms with Crippen molar-refractivity contribution in [3.8, 4) is 5.88 Å². The smallest absolute Gasteiger partial charge is 0.259 e. The van der Waals surface area contributed by atoms with Crippen LogP contribution in [-0.2, 0) is 17.6 Å². The fourth-order valence-electron chi connectivity index (χ4n) is 5.77. The Labute approximate surface area is 196 Å². The van der Waals surface area contributed by atoms with Crippen molar-refractivity contribution in [2.24, 2.45) is 5.92 Å². The molecule has 3 aliphatic rings. The number of fused-ring (bicyclic) bond motifs is 1. The SMILES string of the molecule is COc1ncccc1C(=O)N(CC1CCN(C2Cc3ccccc3C2)CC1)C[C@H]1CCCO1. The number of methoxy groups -OCH3 is 1. The van der Waals surface area contributed by atoms with Crippen LogP contribution in [0.2, 0.25) is 0 Å². The molecule has 0 bridgehead atoms. The van der Waals surface area contributed by atoms with Gasteiger partial charge in [-0.3, -0.25) is 9.69 Å². The number of piperidine rings is 1. The highest BCUT2D eigenvalue weighted by atomic mass is 16.5. The summed E-state index contributed by atoms with van der Waals surface area (Å²) in [5, 5.41) is 0. The van der Waals surface area contributed by atoms with Crippen LogP contribution in [0.1, 0.15) is 47.2 Å². The molecular formula is C27H35N3O3. The van der Waals surface area contributed by atoms with Crippen molar-refractivity contribution >= 4 is 5.91 Å². The molecule has 2 aromatic rings. The van der Waals surface area contributed by atoms with E-state index in [1.54, 1.807) is 19.4 Å². The number of hydrogen-bond donors (Lipinski definition) is 0. The summed E-state index contributed by atoms with van der Waals surface area (Å²) in [4.78, 5) is 22.4. The maximum Gasteiger partial charge on any atom is 0.259 e.